The second-order valence-electron chi connectivity index (χ2n) is 7.23. The van der Waals surface area contributed by atoms with E-state index in [0.29, 0.717) is 16.9 Å². The fourth-order valence-corrected chi connectivity index (χ4v) is 4.26. The Hall–Kier alpha value is -3.99. The summed E-state index contributed by atoms with van der Waals surface area (Å²) in [6.45, 7) is 1.85. The van der Waals surface area contributed by atoms with Crippen LogP contribution in [0.15, 0.2) is 103 Å². The molecule has 0 saturated carbocycles. The highest BCUT2D eigenvalue weighted by Gasteiger charge is 2.42. The zero-order chi connectivity index (χ0) is 20.6. The van der Waals surface area contributed by atoms with E-state index in [1.807, 2.05) is 66.2 Å². The van der Waals surface area contributed by atoms with Gasteiger partial charge in [0, 0.05) is 0 Å². The van der Waals surface area contributed by atoms with Crippen molar-refractivity contribution in [2.45, 2.75) is 12.5 Å². The van der Waals surface area contributed by atoms with Gasteiger partial charge in [0.2, 0.25) is 5.65 Å². The number of hydrogen-bond donors (Lipinski definition) is 0. The smallest absolute Gasteiger partial charge is 0.284 e. The van der Waals surface area contributed by atoms with Crippen LogP contribution in [-0.2, 0) is 5.54 Å². The Kier molecular flexibility index (Phi) is 4.29. The lowest BCUT2D eigenvalue weighted by molar-refractivity contribution is -0.577. The van der Waals surface area contributed by atoms with Crippen molar-refractivity contribution in [3.05, 3.63) is 131 Å². The Balaban J connectivity index is 2.00. The van der Waals surface area contributed by atoms with Gasteiger partial charge in [0.25, 0.3) is 5.52 Å². The van der Waals surface area contributed by atoms with Gasteiger partial charge < -0.3 is 5.21 Å². The normalized spacial score (nSPS) is 11.6. The van der Waals surface area contributed by atoms with Gasteiger partial charge in [0.1, 0.15) is 11.2 Å². The molecule has 0 aliphatic carbocycles. The topological polar surface area (TPSA) is 57.7 Å². The Morgan fingerprint density at radius 2 is 1.23 bits per heavy atom. The number of fused-ring (bicyclic) bond motifs is 1. The number of rotatable bonds is 4. The van der Waals surface area contributed by atoms with Crippen molar-refractivity contribution in [2.24, 2.45) is 0 Å². The molecule has 2 aromatic heterocycles. The summed E-state index contributed by atoms with van der Waals surface area (Å²) in [5, 5.41) is 17.5. The SMILES string of the molecule is Cc1nn(C(c2ccccc2)(c2ccccc2)c2ccccc2)c2ncc[n+]([O-])c12. The Bertz CT molecular complexity index is 1200. The van der Waals surface area contributed by atoms with E-state index in [-0.39, 0.29) is 0 Å². The van der Waals surface area contributed by atoms with Gasteiger partial charge in [-0.3, -0.25) is 0 Å². The zero-order valence-electron chi connectivity index (χ0n) is 16.5. The molecule has 0 spiro atoms. The van der Waals surface area contributed by atoms with Gasteiger partial charge >= 0.3 is 0 Å². The van der Waals surface area contributed by atoms with Crippen molar-refractivity contribution in [1.29, 1.82) is 0 Å². The lowest BCUT2D eigenvalue weighted by Crippen LogP contribution is -2.39. The van der Waals surface area contributed by atoms with E-state index >= 15 is 0 Å². The first-order chi connectivity index (χ1) is 14.7. The van der Waals surface area contributed by atoms with E-state index in [0.717, 1.165) is 21.4 Å². The van der Waals surface area contributed by atoms with Crippen molar-refractivity contribution in [2.75, 3.05) is 0 Å². The maximum Gasteiger partial charge on any atom is 0.284 e. The van der Waals surface area contributed by atoms with E-state index < -0.39 is 5.54 Å². The Morgan fingerprint density at radius 1 is 0.767 bits per heavy atom. The number of nitrogens with zero attached hydrogens (tertiary/aromatic N) is 4. The summed E-state index contributed by atoms with van der Waals surface area (Å²) in [4.78, 5) is 4.58. The average molecular weight is 392 g/mol. The quantitative estimate of drug-likeness (QED) is 0.261. The standard InChI is InChI=1S/C25H20N4O/c1-19-23-24(26-17-18-28(23)30)29(27-19)25(20-11-5-2-6-12-20,21-13-7-3-8-14-21)22-15-9-4-10-16-22/h2-18H,1H3. The minimum Gasteiger partial charge on any atom is -0.618 e. The van der Waals surface area contributed by atoms with Gasteiger partial charge in [0.05, 0.1) is 6.20 Å². The van der Waals surface area contributed by atoms with Crippen LogP contribution in [-0.4, -0.2) is 14.8 Å². The first kappa shape index (κ1) is 18.1. The third-order valence-electron chi connectivity index (χ3n) is 5.52. The summed E-state index contributed by atoms with van der Waals surface area (Å²) in [6.07, 6.45) is 2.94. The molecule has 0 aliphatic rings. The molecule has 0 atom stereocenters. The maximum atomic E-state index is 12.6. The second kappa shape index (κ2) is 7.12. The molecular weight excluding hydrogens is 372 g/mol. The van der Waals surface area contributed by atoms with Crippen LogP contribution in [0.1, 0.15) is 22.4 Å². The summed E-state index contributed by atoms with van der Waals surface area (Å²) < 4.78 is 2.74. The largest absolute Gasteiger partial charge is 0.618 e. The minimum atomic E-state index is -0.794. The fraction of sp³-hybridized carbons (Fsp3) is 0.0800. The van der Waals surface area contributed by atoms with Crippen LogP contribution in [0.2, 0.25) is 0 Å². The third-order valence-corrected chi connectivity index (χ3v) is 5.52. The molecule has 0 fully saturated rings. The van der Waals surface area contributed by atoms with Gasteiger partial charge in [-0.05, 0) is 23.6 Å². The molecule has 0 bridgehead atoms. The van der Waals surface area contributed by atoms with Crippen LogP contribution in [0.4, 0.5) is 0 Å². The fourth-order valence-electron chi connectivity index (χ4n) is 4.26. The molecule has 30 heavy (non-hydrogen) atoms. The van der Waals surface area contributed by atoms with Crippen molar-refractivity contribution < 1.29 is 4.73 Å². The van der Waals surface area contributed by atoms with E-state index in [2.05, 4.69) is 41.4 Å². The van der Waals surface area contributed by atoms with Crippen LogP contribution in [0.3, 0.4) is 0 Å². The van der Waals surface area contributed by atoms with Crippen molar-refractivity contribution in [3.63, 3.8) is 0 Å². The van der Waals surface area contributed by atoms with Crippen LogP contribution in [0.5, 0.6) is 0 Å². The van der Waals surface area contributed by atoms with Crippen LogP contribution in [0.25, 0.3) is 11.2 Å². The van der Waals surface area contributed by atoms with Gasteiger partial charge in [-0.2, -0.15) is 9.83 Å². The molecule has 3 aromatic carbocycles. The lowest BCUT2D eigenvalue weighted by atomic mass is 9.77. The number of aromatic nitrogens is 4. The summed E-state index contributed by atoms with van der Waals surface area (Å²) in [5.74, 6) is 0. The highest BCUT2D eigenvalue weighted by molar-refractivity contribution is 5.71. The molecule has 0 unspecified atom stereocenters. The molecule has 0 N–H and O–H groups in total. The molecule has 146 valence electrons. The van der Waals surface area contributed by atoms with Gasteiger partial charge in [-0.1, -0.05) is 91.0 Å². The summed E-state index contributed by atoms with van der Waals surface area (Å²) in [6, 6.07) is 30.7. The van der Waals surface area contributed by atoms with Crippen LogP contribution < -0.4 is 4.73 Å². The third kappa shape index (κ3) is 2.59. The summed E-state index contributed by atoms with van der Waals surface area (Å²) >= 11 is 0. The highest BCUT2D eigenvalue weighted by Crippen LogP contribution is 2.41. The molecule has 5 rings (SSSR count). The molecule has 0 aliphatic heterocycles. The lowest BCUT2D eigenvalue weighted by Gasteiger charge is -2.36. The molecule has 2 heterocycles. The highest BCUT2D eigenvalue weighted by atomic mass is 16.5. The van der Waals surface area contributed by atoms with Crippen molar-refractivity contribution in [1.82, 2.24) is 14.8 Å². The van der Waals surface area contributed by atoms with E-state index in [1.165, 1.54) is 12.4 Å². The Labute approximate surface area is 174 Å². The molecular formula is C25H20N4O. The van der Waals surface area contributed by atoms with Gasteiger partial charge in [0.15, 0.2) is 6.20 Å². The van der Waals surface area contributed by atoms with Crippen LogP contribution in [0, 0.1) is 12.1 Å². The summed E-state index contributed by atoms with van der Waals surface area (Å²) in [5.41, 5.74) is 3.98. The zero-order valence-corrected chi connectivity index (χ0v) is 16.5. The first-order valence-electron chi connectivity index (χ1n) is 9.83. The predicted molar refractivity (Wildman–Crippen MR) is 116 cm³/mol. The van der Waals surface area contributed by atoms with Gasteiger partial charge in [-0.15, -0.1) is 0 Å². The minimum absolute atomic E-state index is 0.477. The average Bonchev–Trinajstić information content (AvgIpc) is 3.15. The van der Waals surface area contributed by atoms with E-state index in [1.54, 1.807) is 0 Å². The second-order valence-corrected chi connectivity index (χ2v) is 7.23. The molecule has 5 heteroatoms. The molecule has 5 aromatic rings. The van der Waals surface area contributed by atoms with Crippen LogP contribution >= 0.6 is 0 Å². The number of benzene rings is 3. The molecule has 5 nitrogen and oxygen atoms in total. The number of hydrogen-bond acceptors (Lipinski definition) is 3. The number of aryl methyl sites for hydroxylation is 1. The first-order valence-corrected chi connectivity index (χ1v) is 9.83. The van der Waals surface area contributed by atoms with Gasteiger partial charge in [-0.25, -0.2) is 9.67 Å². The maximum absolute atomic E-state index is 12.6. The summed E-state index contributed by atoms with van der Waals surface area (Å²) in [7, 11) is 0. The molecule has 0 radical (unpaired) electrons. The predicted octanol–water partition coefficient (Wildman–Crippen LogP) is 4.21. The van der Waals surface area contributed by atoms with E-state index in [4.69, 9.17) is 5.10 Å². The molecule has 0 saturated heterocycles. The van der Waals surface area contributed by atoms with Crippen molar-refractivity contribution >= 4 is 11.2 Å². The van der Waals surface area contributed by atoms with Crippen molar-refractivity contribution in [3.8, 4) is 0 Å². The molecule has 0 amide bonds. The Morgan fingerprint density at radius 3 is 1.70 bits per heavy atom. The monoisotopic (exact) mass is 392 g/mol. The van der Waals surface area contributed by atoms with E-state index in [9.17, 15) is 5.21 Å².